The molecule has 4 aromatic rings. The number of benzene rings is 3. The normalized spacial score (nSPS) is 12.4. The molecule has 0 aliphatic carbocycles. The number of amides is 2. The molecule has 4 rings (SSSR count). The van der Waals surface area contributed by atoms with Gasteiger partial charge >= 0.3 is 6.03 Å². The van der Waals surface area contributed by atoms with Crippen molar-refractivity contribution in [3.8, 4) is 0 Å². The molecule has 1 aromatic heterocycles. The highest BCUT2D eigenvalue weighted by molar-refractivity contribution is 5.90. The van der Waals surface area contributed by atoms with Gasteiger partial charge in [0.15, 0.2) is 0 Å². The first kappa shape index (κ1) is 23.2. The van der Waals surface area contributed by atoms with Gasteiger partial charge in [0, 0.05) is 11.2 Å². The third-order valence-corrected chi connectivity index (χ3v) is 5.80. The number of para-hydroxylation sites is 2. The summed E-state index contributed by atoms with van der Waals surface area (Å²) < 4.78 is 1.69. The molecule has 0 bridgehead atoms. The Morgan fingerprint density at radius 3 is 2.18 bits per heavy atom. The molecule has 1 N–H and O–H groups in total. The lowest BCUT2D eigenvalue weighted by molar-refractivity contribution is 0.120. The van der Waals surface area contributed by atoms with Gasteiger partial charge in [-0.3, -0.25) is 9.36 Å². The monoisotopic (exact) mass is 454 g/mol. The Bertz CT molecular complexity index is 1340. The number of aromatic nitrogens is 2. The molecule has 0 radical (unpaired) electrons. The van der Waals surface area contributed by atoms with Crippen LogP contribution in [0.15, 0.2) is 89.7 Å². The molecule has 34 heavy (non-hydrogen) atoms. The fraction of sp³-hybridized carbons (Fsp3) is 0.250. The molecule has 1 unspecified atom stereocenters. The van der Waals surface area contributed by atoms with Crippen molar-refractivity contribution < 1.29 is 4.79 Å². The van der Waals surface area contributed by atoms with Crippen LogP contribution in [0.5, 0.6) is 0 Å². The van der Waals surface area contributed by atoms with Gasteiger partial charge in [0.2, 0.25) is 0 Å². The maximum atomic E-state index is 13.6. The van der Waals surface area contributed by atoms with E-state index < -0.39 is 11.6 Å². The third-order valence-electron chi connectivity index (χ3n) is 5.80. The second kappa shape index (κ2) is 9.51. The Kier molecular flexibility index (Phi) is 6.50. The van der Waals surface area contributed by atoms with Crippen LogP contribution in [0.25, 0.3) is 10.9 Å². The molecular formula is C28H30N4O2. The molecule has 6 nitrogen and oxygen atoms in total. The summed E-state index contributed by atoms with van der Waals surface area (Å²) in [5.41, 5.74) is 1.68. The van der Waals surface area contributed by atoms with Crippen molar-refractivity contribution in [3.63, 3.8) is 0 Å². The van der Waals surface area contributed by atoms with Gasteiger partial charge in [0.1, 0.15) is 5.82 Å². The number of hydrogen-bond acceptors (Lipinski definition) is 3. The zero-order valence-electron chi connectivity index (χ0n) is 20.0. The Morgan fingerprint density at radius 1 is 0.941 bits per heavy atom. The highest BCUT2D eigenvalue weighted by Gasteiger charge is 2.34. The molecule has 0 aliphatic rings. The molecular weight excluding hydrogens is 424 g/mol. The van der Waals surface area contributed by atoms with Crippen LogP contribution < -0.4 is 10.9 Å². The first-order valence-corrected chi connectivity index (χ1v) is 11.4. The molecule has 1 heterocycles. The van der Waals surface area contributed by atoms with Crippen molar-refractivity contribution in [2.75, 3.05) is 5.32 Å². The highest BCUT2D eigenvalue weighted by atomic mass is 16.2. The van der Waals surface area contributed by atoms with Gasteiger partial charge in [0.25, 0.3) is 5.56 Å². The molecule has 2 amide bonds. The van der Waals surface area contributed by atoms with Gasteiger partial charge < -0.3 is 10.2 Å². The van der Waals surface area contributed by atoms with Crippen LogP contribution >= 0.6 is 0 Å². The number of carbonyl (C=O) groups excluding carboxylic acids is 1. The number of hydrogen-bond donors (Lipinski definition) is 1. The molecule has 0 aliphatic heterocycles. The van der Waals surface area contributed by atoms with Gasteiger partial charge in [-0.2, -0.15) is 0 Å². The smallest absolute Gasteiger partial charge is 0.310 e. The Labute approximate surface area is 199 Å². The number of anilines is 1. The first-order chi connectivity index (χ1) is 16.3. The average Bonchev–Trinajstić information content (AvgIpc) is 2.81. The lowest BCUT2D eigenvalue weighted by Crippen LogP contribution is -2.50. The lowest BCUT2D eigenvalue weighted by Gasteiger charge is -2.40. The minimum absolute atomic E-state index is 0.117. The molecule has 0 fully saturated rings. The summed E-state index contributed by atoms with van der Waals surface area (Å²) in [6.45, 7) is 8.24. The second-order valence-electron chi connectivity index (χ2n) is 9.38. The highest BCUT2D eigenvalue weighted by Crippen LogP contribution is 2.29. The van der Waals surface area contributed by atoms with Crippen molar-refractivity contribution in [1.29, 1.82) is 0 Å². The average molecular weight is 455 g/mol. The molecule has 1 atom stereocenters. The topological polar surface area (TPSA) is 67.2 Å². The molecule has 0 saturated heterocycles. The number of rotatable bonds is 5. The Balaban J connectivity index is 1.82. The predicted molar refractivity (Wildman–Crippen MR) is 137 cm³/mol. The fourth-order valence-corrected chi connectivity index (χ4v) is 4.31. The third kappa shape index (κ3) is 4.86. The van der Waals surface area contributed by atoms with Crippen molar-refractivity contribution in [2.45, 2.75) is 45.8 Å². The van der Waals surface area contributed by atoms with Gasteiger partial charge in [-0.25, -0.2) is 9.78 Å². The van der Waals surface area contributed by atoms with Crippen molar-refractivity contribution >= 4 is 22.6 Å². The van der Waals surface area contributed by atoms with E-state index in [2.05, 4.69) is 5.32 Å². The first-order valence-electron chi connectivity index (χ1n) is 11.4. The minimum Gasteiger partial charge on any atom is -0.310 e. The van der Waals surface area contributed by atoms with E-state index >= 15 is 0 Å². The maximum absolute atomic E-state index is 13.6. The second-order valence-corrected chi connectivity index (χ2v) is 9.38. The van der Waals surface area contributed by atoms with E-state index in [0.717, 1.165) is 5.56 Å². The standard InChI is InChI=1S/C28H30N4O2/c1-20(32(28(2,3)4)27(34)29-22-15-9-6-10-16-22)25-30-24-18-12-11-17-23(24)26(33)31(25)19-21-13-7-5-8-14-21/h5-18,20H,19H2,1-4H3,(H,29,34). The molecule has 3 aromatic carbocycles. The molecule has 6 heteroatoms. The van der Waals surface area contributed by atoms with Crippen LogP contribution in [0.3, 0.4) is 0 Å². The zero-order valence-corrected chi connectivity index (χ0v) is 20.0. The van der Waals surface area contributed by atoms with Gasteiger partial charge in [-0.15, -0.1) is 0 Å². The van der Waals surface area contributed by atoms with Gasteiger partial charge in [0.05, 0.1) is 23.5 Å². The molecule has 174 valence electrons. The Morgan fingerprint density at radius 2 is 1.53 bits per heavy atom. The van der Waals surface area contributed by atoms with E-state index in [1.807, 2.05) is 107 Å². The molecule has 0 saturated carbocycles. The number of nitrogens with one attached hydrogen (secondary N) is 1. The summed E-state index contributed by atoms with van der Waals surface area (Å²) in [5.74, 6) is 0.547. The van der Waals surface area contributed by atoms with Crippen LogP contribution in [0.4, 0.5) is 10.5 Å². The number of nitrogens with zero attached hydrogens (tertiary/aromatic N) is 3. The van der Waals surface area contributed by atoms with E-state index in [-0.39, 0.29) is 11.6 Å². The summed E-state index contributed by atoms with van der Waals surface area (Å²) >= 11 is 0. The zero-order chi connectivity index (χ0) is 24.3. The van der Waals surface area contributed by atoms with Crippen LogP contribution in [0, 0.1) is 0 Å². The van der Waals surface area contributed by atoms with E-state index in [0.29, 0.717) is 29.0 Å². The summed E-state index contributed by atoms with van der Waals surface area (Å²) in [5, 5.41) is 3.55. The summed E-state index contributed by atoms with van der Waals surface area (Å²) in [6, 6.07) is 25.8. The van der Waals surface area contributed by atoms with E-state index in [1.165, 1.54) is 0 Å². The van der Waals surface area contributed by atoms with Crippen LogP contribution in [-0.4, -0.2) is 26.0 Å². The quantitative estimate of drug-likeness (QED) is 0.412. The summed E-state index contributed by atoms with van der Waals surface area (Å²) in [6.07, 6.45) is 0. The van der Waals surface area contributed by atoms with E-state index in [1.54, 1.807) is 15.5 Å². The Hall–Kier alpha value is -3.93. The van der Waals surface area contributed by atoms with Crippen LogP contribution in [0.1, 0.15) is 45.1 Å². The van der Waals surface area contributed by atoms with Crippen LogP contribution in [-0.2, 0) is 6.54 Å². The van der Waals surface area contributed by atoms with Gasteiger partial charge in [-0.05, 0) is 57.5 Å². The number of carbonyl (C=O) groups is 1. The lowest BCUT2D eigenvalue weighted by atomic mass is 10.0. The van der Waals surface area contributed by atoms with E-state index in [4.69, 9.17) is 4.98 Å². The van der Waals surface area contributed by atoms with Crippen molar-refractivity contribution in [3.05, 3.63) is 107 Å². The van der Waals surface area contributed by atoms with Crippen LogP contribution in [0.2, 0.25) is 0 Å². The SMILES string of the molecule is CC(c1nc2ccccc2c(=O)n1Cc1ccccc1)N(C(=O)Nc1ccccc1)C(C)(C)C. The minimum atomic E-state index is -0.529. The maximum Gasteiger partial charge on any atom is 0.322 e. The summed E-state index contributed by atoms with van der Waals surface area (Å²) in [4.78, 5) is 33.7. The predicted octanol–water partition coefficient (Wildman–Crippen LogP) is 5.84. The van der Waals surface area contributed by atoms with E-state index in [9.17, 15) is 9.59 Å². The number of urea groups is 1. The van der Waals surface area contributed by atoms with Gasteiger partial charge in [-0.1, -0.05) is 60.7 Å². The number of fused-ring (bicyclic) bond motifs is 1. The van der Waals surface area contributed by atoms with Crippen molar-refractivity contribution in [2.24, 2.45) is 0 Å². The summed E-state index contributed by atoms with van der Waals surface area (Å²) in [7, 11) is 0. The van der Waals surface area contributed by atoms with Crippen molar-refractivity contribution in [1.82, 2.24) is 14.5 Å². The largest absolute Gasteiger partial charge is 0.322 e. The fourth-order valence-electron chi connectivity index (χ4n) is 4.31. The molecule has 0 spiro atoms.